The number of nitrogens with zero attached hydrogens (tertiary/aromatic N) is 1. The molecule has 0 saturated carbocycles. The molecule has 0 amide bonds. The lowest BCUT2D eigenvalue weighted by molar-refractivity contribution is -0.178. The van der Waals surface area contributed by atoms with Crippen LogP contribution in [0, 0.1) is 11.6 Å². The molecule has 0 radical (unpaired) electrons. The van der Waals surface area contributed by atoms with Crippen molar-refractivity contribution >= 4 is 11.5 Å². The van der Waals surface area contributed by atoms with E-state index in [0.29, 0.717) is 23.2 Å². The van der Waals surface area contributed by atoms with Crippen LogP contribution in [0.1, 0.15) is 43.6 Å². The van der Waals surface area contributed by atoms with Gasteiger partial charge in [-0.3, -0.25) is 0 Å². The molecule has 0 fully saturated rings. The Bertz CT molecular complexity index is 1100. The van der Waals surface area contributed by atoms with E-state index in [4.69, 9.17) is 14.5 Å². The van der Waals surface area contributed by atoms with Gasteiger partial charge < -0.3 is 14.2 Å². The summed E-state index contributed by atoms with van der Waals surface area (Å²) in [6.07, 6.45) is 3.96. The van der Waals surface area contributed by atoms with Gasteiger partial charge in [0.05, 0.1) is 19.3 Å². The van der Waals surface area contributed by atoms with E-state index >= 15 is 0 Å². The fourth-order valence-corrected chi connectivity index (χ4v) is 3.24. The second kappa shape index (κ2) is 10.7. The van der Waals surface area contributed by atoms with Gasteiger partial charge in [-0.05, 0) is 43.2 Å². The highest BCUT2D eigenvalue weighted by Crippen LogP contribution is 2.36. The first-order valence-corrected chi connectivity index (χ1v) is 9.77. The molecule has 0 aliphatic rings. The van der Waals surface area contributed by atoms with Crippen molar-refractivity contribution in [3.05, 3.63) is 78.1 Å². The minimum absolute atomic E-state index is 0. The topological polar surface area (TPSA) is 49.7 Å². The average Bonchev–Trinajstić information content (AvgIpc) is 3.18. The van der Waals surface area contributed by atoms with E-state index in [0.717, 1.165) is 5.57 Å². The summed E-state index contributed by atoms with van der Waals surface area (Å²) < 4.78 is 35.7. The fraction of sp³-hybridized carbons (Fsp3) is 0.240. The van der Waals surface area contributed by atoms with Crippen LogP contribution in [-0.4, -0.2) is 24.3 Å². The molecule has 7 heteroatoms. The normalized spacial score (nSPS) is 10.4. The number of hydrogen-bond donors (Lipinski definition) is 0. The third kappa shape index (κ3) is 4.89. The Morgan fingerprint density at radius 3 is 2.34 bits per heavy atom. The number of allylic oxidation sites excluding steroid dienone is 1. The highest BCUT2D eigenvalue weighted by molar-refractivity contribution is 5.93. The van der Waals surface area contributed by atoms with E-state index < -0.39 is 17.6 Å². The molecule has 3 aromatic rings. The van der Waals surface area contributed by atoms with Crippen LogP contribution < -0.4 is 4.89 Å². The molecule has 0 spiro atoms. The van der Waals surface area contributed by atoms with Gasteiger partial charge >= 0.3 is 5.97 Å². The smallest absolute Gasteiger partial charge is 0.342 e. The van der Waals surface area contributed by atoms with Crippen molar-refractivity contribution in [3.8, 4) is 22.6 Å². The summed E-state index contributed by atoms with van der Waals surface area (Å²) in [6, 6.07) is 8.55. The van der Waals surface area contributed by atoms with E-state index in [1.807, 2.05) is 6.92 Å². The van der Waals surface area contributed by atoms with Crippen molar-refractivity contribution in [2.75, 3.05) is 13.7 Å². The van der Waals surface area contributed by atoms with Crippen LogP contribution in [0.2, 0.25) is 0 Å². The monoisotopic (exact) mass is 443 g/mol. The molecular formula is C25H27F2NO4. The average molecular weight is 443 g/mol. The zero-order valence-electron chi connectivity index (χ0n) is 17.6. The minimum atomic E-state index is -0.663. The van der Waals surface area contributed by atoms with Crippen molar-refractivity contribution in [2.24, 2.45) is 0 Å². The Labute approximate surface area is 186 Å². The summed E-state index contributed by atoms with van der Waals surface area (Å²) in [6.45, 7) is 7.87. The summed E-state index contributed by atoms with van der Waals surface area (Å²) in [5, 5.41) is 0. The molecule has 3 rings (SSSR count). The Morgan fingerprint density at radius 1 is 1.06 bits per heavy atom. The van der Waals surface area contributed by atoms with Crippen molar-refractivity contribution in [1.82, 2.24) is 4.57 Å². The standard InChI is InChI=1S/C24H23F2NO4.CH4/c1-5-15(3)18-13-27(14-19(18)23-20(25)8-7-9-21(23)26)16-10-11-17(24(28)30-6-2)22(12-16)31-29-4;/h7-14H,3,5-6H2,1-2,4H3;1H4. The number of benzene rings is 2. The van der Waals surface area contributed by atoms with E-state index in [1.165, 1.54) is 25.3 Å². The quantitative estimate of drug-likeness (QED) is 0.224. The largest absolute Gasteiger partial charge is 0.462 e. The Kier molecular flexibility index (Phi) is 8.32. The summed E-state index contributed by atoms with van der Waals surface area (Å²) in [5.74, 6) is -1.72. The third-order valence-electron chi connectivity index (χ3n) is 4.80. The van der Waals surface area contributed by atoms with Gasteiger partial charge in [-0.15, -0.1) is 0 Å². The molecule has 0 bridgehead atoms. The first-order valence-electron chi connectivity index (χ1n) is 9.77. The van der Waals surface area contributed by atoms with Crippen molar-refractivity contribution < 1.29 is 28.1 Å². The maximum absolute atomic E-state index is 14.5. The van der Waals surface area contributed by atoms with Crippen LogP contribution in [0.15, 0.2) is 55.4 Å². The second-order valence-electron chi connectivity index (χ2n) is 6.70. The third-order valence-corrected chi connectivity index (χ3v) is 4.80. The van der Waals surface area contributed by atoms with E-state index in [-0.39, 0.29) is 30.9 Å². The molecule has 5 nitrogen and oxygen atoms in total. The number of carbonyl (C=O) groups is 1. The highest BCUT2D eigenvalue weighted by Gasteiger charge is 2.20. The Hall–Kier alpha value is -3.45. The molecule has 2 aromatic carbocycles. The van der Waals surface area contributed by atoms with E-state index in [9.17, 15) is 13.6 Å². The number of carbonyl (C=O) groups excluding carboxylic acids is 1. The second-order valence-corrected chi connectivity index (χ2v) is 6.70. The minimum Gasteiger partial charge on any atom is -0.462 e. The number of hydrogen-bond acceptors (Lipinski definition) is 4. The van der Waals surface area contributed by atoms with Gasteiger partial charge in [0.25, 0.3) is 0 Å². The van der Waals surface area contributed by atoms with Crippen molar-refractivity contribution in [2.45, 2.75) is 27.7 Å². The van der Waals surface area contributed by atoms with E-state index in [1.54, 1.807) is 42.1 Å². The highest BCUT2D eigenvalue weighted by atomic mass is 19.1. The van der Waals surface area contributed by atoms with Crippen LogP contribution in [0.5, 0.6) is 5.75 Å². The van der Waals surface area contributed by atoms with Crippen LogP contribution in [-0.2, 0) is 9.62 Å². The fourth-order valence-electron chi connectivity index (χ4n) is 3.24. The van der Waals surface area contributed by atoms with Gasteiger partial charge in [-0.25, -0.2) is 13.6 Å². The molecule has 1 heterocycles. The van der Waals surface area contributed by atoms with Crippen molar-refractivity contribution in [3.63, 3.8) is 0 Å². The Balaban J connectivity index is 0.00000363. The lowest BCUT2D eigenvalue weighted by Crippen LogP contribution is -2.08. The predicted octanol–water partition coefficient (Wildman–Crippen LogP) is 6.60. The first kappa shape index (κ1) is 24.8. The maximum Gasteiger partial charge on any atom is 0.342 e. The van der Waals surface area contributed by atoms with Gasteiger partial charge in [0, 0.05) is 35.3 Å². The first-order chi connectivity index (χ1) is 14.9. The number of esters is 1. The molecule has 0 N–H and O–H groups in total. The molecule has 0 atom stereocenters. The lowest BCUT2D eigenvalue weighted by Gasteiger charge is -2.11. The molecule has 0 aliphatic heterocycles. The number of halogens is 2. The SMILES string of the molecule is C.C=C(CC)c1cn(-c2ccc(C(=O)OCC)c(OOC)c2)cc1-c1c(F)cccc1F. The number of rotatable bonds is 8. The predicted molar refractivity (Wildman–Crippen MR) is 121 cm³/mol. The summed E-state index contributed by atoms with van der Waals surface area (Å²) >= 11 is 0. The van der Waals surface area contributed by atoms with Crippen LogP contribution in [0.25, 0.3) is 22.4 Å². The Morgan fingerprint density at radius 2 is 1.75 bits per heavy atom. The van der Waals surface area contributed by atoms with Crippen LogP contribution in [0.4, 0.5) is 8.78 Å². The molecule has 32 heavy (non-hydrogen) atoms. The van der Waals surface area contributed by atoms with Gasteiger partial charge in [-0.1, -0.05) is 27.0 Å². The molecule has 170 valence electrons. The molecule has 0 saturated heterocycles. The molecule has 0 unspecified atom stereocenters. The van der Waals surface area contributed by atoms with Crippen LogP contribution >= 0.6 is 0 Å². The van der Waals surface area contributed by atoms with Crippen LogP contribution in [0.3, 0.4) is 0 Å². The lowest BCUT2D eigenvalue weighted by atomic mass is 9.98. The van der Waals surface area contributed by atoms with Gasteiger partial charge in [0.15, 0.2) is 5.75 Å². The zero-order valence-corrected chi connectivity index (χ0v) is 17.6. The molecule has 1 aromatic heterocycles. The van der Waals surface area contributed by atoms with E-state index in [2.05, 4.69) is 6.58 Å². The summed E-state index contributed by atoms with van der Waals surface area (Å²) in [7, 11) is 1.32. The van der Waals surface area contributed by atoms with Gasteiger partial charge in [0.2, 0.25) is 0 Å². The van der Waals surface area contributed by atoms with Crippen molar-refractivity contribution in [1.29, 1.82) is 0 Å². The number of aromatic nitrogens is 1. The van der Waals surface area contributed by atoms with Gasteiger partial charge in [-0.2, -0.15) is 4.89 Å². The van der Waals surface area contributed by atoms with Gasteiger partial charge in [0.1, 0.15) is 17.2 Å². The summed E-state index contributed by atoms with van der Waals surface area (Å²) in [4.78, 5) is 22.1. The molecule has 0 aliphatic carbocycles. The summed E-state index contributed by atoms with van der Waals surface area (Å²) in [5.41, 5.74) is 2.39. The zero-order chi connectivity index (χ0) is 22.5. The number of ether oxygens (including phenoxy) is 1. The maximum atomic E-state index is 14.5. The molecular weight excluding hydrogens is 416 g/mol.